The van der Waals surface area contributed by atoms with Gasteiger partial charge in [0.15, 0.2) is 5.84 Å². The van der Waals surface area contributed by atoms with Crippen molar-refractivity contribution in [3.05, 3.63) is 257 Å². The zero-order chi connectivity index (χ0) is 41.5. The third kappa shape index (κ3) is 5.49. The molecule has 13 rings (SSSR count). The molecule has 1 unspecified atom stereocenters. The number of para-hydroxylation sites is 1. The van der Waals surface area contributed by atoms with Crippen LogP contribution in [0.2, 0.25) is 0 Å². The largest absolute Gasteiger partial charge is 0.344 e. The second kappa shape index (κ2) is 14.2. The molecule has 3 heterocycles. The van der Waals surface area contributed by atoms with Gasteiger partial charge in [-0.2, -0.15) is 0 Å². The molecule has 9 aromatic carbocycles. The molecule has 0 fully saturated rings. The maximum Gasteiger partial charge on any atom is 0.159 e. The van der Waals surface area contributed by atoms with E-state index in [4.69, 9.17) is 9.98 Å². The number of amidine groups is 2. The zero-order valence-electron chi connectivity index (χ0n) is 34.1. The second-order valence-electron chi connectivity index (χ2n) is 16.5. The minimum Gasteiger partial charge on any atom is -0.344 e. The van der Waals surface area contributed by atoms with Crippen LogP contribution in [0, 0.1) is 0 Å². The topological polar surface area (TPSA) is 41.7 Å². The first-order valence-electron chi connectivity index (χ1n) is 21.5. The molecule has 3 aliphatic rings. The number of aromatic nitrogens is 1. The van der Waals surface area contributed by atoms with Crippen molar-refractivity contribution in [3.63, 3.8) is 0 Å². The highest BCUT2D eigenvalue weighted by molar-refractivity contribution is 7.99. The quantitative estimate of drug-likeness (QED) is 0.188. The Hall–Kier alpha value is -7.73. The van der Waals surface area contributed by atoms with Gasteiger partial charge in [-0.1, -0.05) is 169 Å². The summed E-state index contributed by atoms with van der Waals surface area (Å²) in [4.78, 5) is 13.0. The minimum atomic E-state index is -0.455. The van der Waals surface area contributed by atoms with E-state index in [1.54, 1.807) is 0 Å². The number of hydrogen-bond donors (Lipinski definition) is 1. The Balaban J connectivity index is 0.970. The highest BCUT2D eigenvalue weighted by Gasteiger charge is 2.50. The van der Waals surface area contributed by atoms with E-state index in [9.17, 15) is 0 Å². The predicted octanol–water partition coefficient (Wildman–Crippen LogP) is 13.8. The van der Waals surface area contributed by atoms with E-state index in [1.165, 1.54) is 65.0 Å². The summed E-state index contributed by atoms with van der Waals surface area (Å²) >= 11 is 1.88. The molecular formula is C58H38N4S. The molecule has 10 aromatic rings. The van der Waals surface area contributed by atoms with Crippen LogP contribution in [0.5, 0.6) is 0 Å². The second-order valence-corrected chi connectivity index (χ2v) is 17.6. The number of fused-ring (bicyclic) bond motifs is 12. The van der Waals surface area contributed by atoms with E-state index in [-0.39, 0.29) is 6.17 Å². The fraction of sp³-hybridized carbons (Fsp3) is 0.0345. The normalized spacial score (nSPS) is 15.5. The van der Waals surface area contributed by atoms with Crippen LogP contribution in [0.25, 0.3) is 49.7 Å². The van der Waals surface area contributed by atoms with Crippen molar-refractivity contribution in [2.45, 2.75) is 21.4 Å². The predicted molar refractivity (Wildman–Crippen MR) is 259 cm³/mol. The molecule has 296 valence electrons. The standard InChI is InChI=1S/C58H38N4S/c1-3-16-37(17-4-1)40-20-15-21-41(34-40)57-60-55(38-18-5-2-6-19-38)59-56(61-57)39-30-32-42(33-31-39)62-51-27-12-8-23-44(51)46-35-45-43-22-7-9-24-47(43)58(50(45)36-52(46)62)48-25-10-13-28-53(48)63-54-29-14-11-26-49(54)58/h1-36,55H,(H,59,60,61). The summed E-state index contributed by atoms with van der Waals surface area (Å²) in [6.45, 7) is 0. The molecule has 0 radical (unpaired) electrons. The molecule has 1 atom stereocenters. The Morgan fingerprint density at radius 2 is 1.08 bits per heavy atom. The third-order valence-corrected chi connectivity index (χ3v) is 14.3. The van der Waals surface area contributed by atoms with Gasteiger partial charge in [0.05, 0.1) is 16.4 Å². The van der Waals surface area contributed by atoms with E-state index < -0.39 is 5.41 Å². The Morgan fingerprint density at radius 3 is 1.86 bits per heavy atom. The summed E-state index contributed by atoms with van der Waals surface area (Å²) in [7, 11) is 0. The van der Waals surface area contributed by atoms with Crippen molar-refractivity contribution < 1.29 is 0 Å². The SMILES string of the molecule is c1ccc(-c2cccc(C3=NC(c4ccccc4)NC(c4ccc(-n5c6ccccc6c6cc7c(cc65)C5(c6ccccc6Sc6ccccc65)c5ccccc5-7)cc4)=N3)c2)cc1. The molecule has 2 aliphatic heterocycles. The van der Waals surface area contributed by atoms with Crippen molar-refractivity contribution in [3.8, 4) is 27.9 Å². The average Bonchev–Trinajstić information content (AvgIpc) is 3.83. The maximum atomic E-state index is 5.22. The monoisotopic (exact) mass is 822 g/mol. The van der Waals surface area contributed by atoms with Crippen molar-refractivity contribution in [1.82, 2.24) is 9.88 Å². The average molecular weight is 823 g/mol. The minimum absolute atomic E-state index is 0.293. The van der Waals surface area contributed by atoms with E-state index in [2.05, 4.69) is 216 Å². The molecule has 1 aromatic heterocycles. The van der Waals surface area contributed by atoms with Crippen LogP contribution in [0.3, 0.4) is 0 Å². The lowest BCUT2D eigenvalue weighted by molar-refractivity contribution is 0.674. The molecule has 0 saturated carbocycles. The van der Waals surface area contributed by atoms with Gasteiger partial charge in [-0.3, -0.25) is 0 Å². The third-order valence-electron chi connectivity index (χ3n) is 13.1. The first-order valence-corrected chi connectivity index (χ1v) is 22.3. The van der Waals surface area contributed by atoms with Gasteiger partial charge in [0.25, 0.3) is 0 Å². The first kappa shape index (κ1) is 36.0. The molecule has 1 N–H and O–H groups in total. The number of aliphatic imine (C=N–C) groups is 2. The number of rotatable bonds is 5. The lowest BCUT2D eigenvalue weighted by atomic mass is 9.67. The molecule has 63 heavy (non-hydrogen) atoms. The van der Waals surface area contributed by atoms with Crippen LogP contribution in [0.15, 0.2) is 238 Å². The Kier molecular flexibility index (Phi) is 8.09. The van der Waals surface area contributed by atoms with Crippen molar-refractivity contribution in [2.24, 2.45) is 9.98 Å². The Labute approximate surface area is 370 Å². The molecule has 5 heteroatoms. The van der Waals surface area contributed by atoms with Crippen LogP contribution in [0.1, 0.15) is 45.1 Å². The summed E-state index contributed by atoms with van der Waals surface area (Å²) < 4.78 is 2.45. The molecular weight excluding hydrogens is 785 g/mol. The lowest BCUT2D eigenvalue weighted by Crippen LogP contribution is -2.33. The summed E-state index contributed by atoms with van der Waals surface area (Å²) in [6, 6.07) is 79.2. The van der Waals surface area contributed by atoms with Gasteiger partial charge in [0, 0.05) is 37.4 Å². The van der Waals surface area contributed by atoms with Gasteiger partial charge in [-0.25, -0.2) is 9.98 Å². The van der Waals surface area contributed by atoms with E-state index in [0.717, 1.165) is 39.3 Å². The number of nitrogens with one attached hydrogen (secondary N) is 1. The Morgan fingerprint density at radius 1 is 0.444 bits per heavy atom. The maximum absolute atomic E-state index is 5.22. The van der Waals surface area contributed by atoms with Gasteiger partial charge >= 0.3 is 0 Å². The number of hydrogen-bond acceptors (Lipinski definition) is 4. The molecule has 0 amide bonds. The number of benzene rings is 9. The fourth-order valence-corrected chi connectivity index (χ4v) is 11.6. The molecule has 1 spiro atoms. The summed E-state index contributed by atoms with van der Waals surface area (Å²) in [5.74, 6) is 1.49. The fourth-order valence-electron chi connectivity index (χ4n) is 10.4. The van der Waals surface area contributed by atoms with Gasteiger partial charge in [-0.05, 0) is 111 Å². The smallest absolute Gasteiger partial charge is 0.159 e. The van der Waals surface area contributed by atoms with Gasteiger partial charge in [0.2, 0.25) is 0 Å². The van der Waals surface area contributed by atoms with Crippen LogP contribution in [-0.2, 0) is 5.41 Å². The molecule has 4 nitrogen and oxygen atoms in total. The van der Waals surface area contributed by atoms with Crippen LogP contribution < -0.4 is 5.32 Å². The van der Waals surface area contributed by atoms with Gasteiger partial charge < -0.3 is 9.88 Å². The van der Waals surface area contributed by atoms with Gasteiger partial charge in [-0.15, -0.1) is 0 Å². The molecule has 0 saturated heterocycles. The van der Waals surface area contributed by atoms with Crippen molar-refractivity contribution in [2.75, 3.05) is 0 Å². The van der Waals surface area contributed by atoms with Gasteiger partial charge in [0.1, 0.15) is 12.0 Å². The Bertz CT molecular complexity index is 3470. The van der Waals surface area contributed by atoms with E-state index >= 15 is 0 Å². The zero-order valence-corrected chi connectivity index (χ0v) is 34.9. The highest BCUT2D eigenvalue weighted by Crippen LogP contribution is 2.62. The van der Waals surface area contributed by atoms with Crippen LogP contribution >= 0.6 is 11.8 Å². The molecule has 0 bridgehead atoms. The van der Waals surface area contributed by atoms with Crippen molar-refractivity contribution in [1.29, 1.82) is 0 Å². The number of nitrogens with zero attached hydrogens (tertiary/aromatic N) is 3. The van der Waals surface area contributed by atoms with E-state index in [1.807, 2.05) is 23.9 Å². The molecule has 1 aliphatic carbocycles. The van der Waals surface area contributed by atoms with Crippen molar-refractivity contribution >= 4 is 45.2 Å². The highest BCUT2D eigenvalue weighted by atomic mass is 32.2. The lowest BCUT2D eigenvalue weighted by Gasteiger charge is -2.39. The summed E-state index contributed by atoms with van der Waals surface area (Å²) in [5.41, 5.74) is 16.3. The first-order chi connectivity index (χ1) is 31.2. The summed E-state index contributed by atoms with van der Waals surface area (Å²) in [6.07, 6.45) is -0.293. The van der Waals surface area contributed by atoms with E-state index in [0.29, 0.717) is 5.84 Å². The van der Waals surface area contributed by atoms with Crippen LogP contribution in [0.4, 0.5) is 0 Å². The summed E-state index contributed by atoms with van der Waals surface area (Å²) in [5, 5.41) is 6.17. The van der Waals surface area contributed by atoms with Crippen LogP contribution in [-0.4, -0.2) is 16.2 Å².